The topological polar surface area (TPSA) is 76.7 Å². The molecule has 0 atom stereocenters. The highest BCUT2D eigenvalue weighted by molar-refractivity contribution is 6.35. The summed E-state index contributed by atoms with van der Waals surface area (Å²) >= 11 is 0. The largest absolute Gasteiger partial charge is 0.494 e. The summed E-state index contributed by atoms with van der Waals surface area (Å²) in [6.45, 7) is 6.39. The predicted octanol–water partition coefficient (Wildman–Crippen LogP) is 1.24. The number of amides is 2. The molecule has 0 bridgehead atoms. The van der Waals surface area contributed by atoms with Gasteiger partial charge in [0.2, 0.25) is 0 Å². The van der Waals surface area contributed by atoms with Crippen molar-refractivity contribution >= 4 is 11.8 Å². The summed E-state index contributed by atoms with van der Waals surface area (Å²) in [5.74, 6) is -0.475. The summed E-state index contributed by atoms with van der Waals surface area (Å²) in [6.07, 6.45) is 0.686. The Labute approximate surface area is 131 Å². The van der Waals surface area contributed by atoms with E-state index in [0.717, 1.165) is 11.3 Å². The molecule has 0 aromatic heterocycles. The quantitative estimate of drug-likeness (QED) is 0.531. The summed E-state index contributed by atoms with van der Waals surface area (Å²) in [4.78, 5) is 23.2. The molecule has 0 aliphatic carbocycles. The van der Waals surface area contributed by atoms with Gasteiger partial charge in [0.05, 0.1) is 6.61 Å². The number of ether oxygens (including phenoxy) is 2. The van der Waals surface area contributed by atoms with Crippen LogP contribution in [0.3, 0.4) is 0 Å². The van der Waals surface area contributed by atoms with Crippen LogP contribution in [0.2, 0.25) is 0 Å². The third kappa shape index (κ3) is 7.08. The molecule has 0 aliphatic heterocycles. The number of carbonyl (C=O) groups is 2. The molecular formula is C16H24N2O4. The smallest absolute Gasteiger partial charge is 0.309 e. The van der Waals surface area contributed by atoms with Crippen molar-refractivity contribution in [1.29, 1.82) is 0 Å². The molecule has 1 aromatic carbocycles. The van der Waals surface area contributed by atoms with Crippen molar-refractivity contribution in [3.05, 3.63) is 29.8 Å². The van der Waals surface area contributed by atoms with Crippen LogP contribution in [0.5, 0.6) is 5.75 Å². The minimum absolute atomic E-state index is 0.303. The molecule has 1 aromatic rings. The minimum Gasteiger partial charge on any atom is -0.494 e. The Kier molecular flexibility index (Phi) is 8.67. The Balaban J connectivity index is 2.25. The molecule has 1 rings (SSSR count). The molecule has 0 unspecified atom stereocenters. The highest BCUT2D eigenvalue weighted by Gasteiger charge is 2.11. The van der Waals surface area contributed by atoms with Crippen molar-refractivity contribution < 1.29 is 19.1 Å². The molecule has 0 spiro atoms. The third-order valence-corrected chi connectivity index (χ3v) is 2.85. The van der Waals surface area contributed by atoms with Crippen LogP contribution in [-0.4, -0.2) is 38.2 Å². The maximum absolute atomic E-state index is 11.6. The Morgan fingerprint density at radius 2 is 1.68 bits per heavy atom. The number of carbonyl (C=O) groups excluding carboxylic acids is 2. The van der Waals surface area contributed by atoms with E-state index in [0.29, 0.717) is 39.3 Å². The molecule has 0 saturated carbocycles. The first kappa shape index (κ1) is 18.0. The molecule has 0 heterocycles. The van der Waals surface area contributed by atoms with Gasteiger partial charge in [0.1, 0.15) is 5.75 Å². The van der Waals surface area contributed by atoms with Crippen LogP contribution < -0.4 is 15.4 Å². The van der Waals surface area contributed by atoms with Crippen LogP contribution in [0.25, 0.3) is 0 Å². The lowest BCUT2D eigenvalue weighted by Crippen LogP contribution is -2.40. The average molecular weight is 308 g/mol. The molecule has 2 amide bonds. The lowest BCUT2D eigenvalue weighted by Gasteiger charge is -2.08. The van der Waals surface area contributed by atoms with Gasteiger partial charge < -0.3 is 20.1 Å². The van der Waals surface area contributed by atoms with E-state index in [-0.39, 0.29) is 0 Å². The SMILES string of the molecule is CCOCCCNC(=O)C(=O)NCc1ccc(OCC)cc1. The van der Waals surface area contributed by atoms with Crippen molar-refractivity contribution in [3.8, 4) is 5.75 Å². The Morgan fingerprint density at radius 1 is 1.00 bits per heavy atom. The van der Waals surface area contributed by atoms with Gasteiger partial charge in [-0.05, 0) is 38.0 Å². The normalized spacial score (nSPS) is 10.1. The Hall–Kier alpha value is -2.08. The van der Waals surface area contributed by atoms with Crippen molar-refractivity contribution in [2.45, 2.75) is 26.8 Å². The lowest BCUT2D eigenvalue weighted by atomic mass is 10.2. The average Bonchev–Trinajstić information content (AvgIpc) is 2.53. The fraction of sp³-hybridized carbons (Fsp3) is 0.500. The summed E-state index contributed by atoms with van der Waals surface area (Å²) in [5, 5.41) is 5.13. The van der Waals surface area contributed by atoms with Crippen LogP contribution in [-0.2, 0) is 20.9 Å². The molecule has 2 N–H and O–H groups in total. The highest BCUT2D eigenvalue weighted by atomic mass is 16.5. The molecule has 122 valence electrons. The first-order valence-electron chi connectivity index (χ1n) is 7.52. The molecule has 0 fully saturated rings. The van der Waals surface area contributed by atoms with Gasteiger partial charge >= 0.3 is 11.8 Å². The van der Waals surface area contributed by atoms with E-state index >= 15 is 0 Å². The molecule has 6 nitrogen and oxygen atoms in total. The van der Waals surface area contributed by atoms with E-state index in [2.05, 4.69) is 10.6 Å². The van der Waals surface area contributed by atoms with Crippen LogP contribution >= 0.6 is 0 Å². The van der Waals surface area contributed by atoms with Gasteiger partial charge in [-0.3, -0.25) is 9.59 Å². The van der Waals surface area contributed by atoms with E-state index in [9.17, 15) is 9.59 Å². The van der Waals surface area contributed by atoms with Gasteiger partial charge in [-0.15, -0.1) is 0 Å². The van der Waals surface area contributed by atoms with E-state index in [1.54, 1.807) is 0 Å². The van der Waals surface area contributed by atoms with Crippen molar-refractivity contribution in [2.24, 2.45) is 0 Å². The zero-order valence-corrected chi connectivity index (χ0v) is 13.2. The van der Waals surface area contributed by atoms with Gasteiger partial charge in [0.25, 0.3) is 0 Å². The summed E-state index contributed by atoms with van der Waals surface area (Å²) < 4.78 is 10.5. The zero-order valence-electron chi connectivity index (χ0n) is 13.2. The molecule has 6 heteroatoms. The highest BCUT2D eigenvalue weighted by Crippen LogP contribution is 2.11. The Bertz CT molecular complexity index is 460. The molecule has 0 saturated heterocycles. The number of nitrogens with one attached hydrogen (secondary N) is 2. The lowest BCUT2D eigenvalue weighted by molar-refractivity contribution is -0.139. The Morgan fingerprint density at radius 3 is 2.32 bits per heavy atom. The van der Waals surface area contributed by atoms with Crippen molar-refractivity contribution in [1.82, 2.24) is 10.6 Å². The van der Waals surface area contributed by atoms with Crippen LogP contribution in [0.1, 0.15) is 25.8 Å². The van der Waals surface area contributed by atoms with Crippen molar-refractivity contribution in [2.75, 3.05) is 26.4 Å². The maximum Gasteiger partial charge on any atom is 0.309 e. The standard InChI is InChI=1S/C16H24N2O4/c1-3-21-11-5-10-17-15(19)16(20)18-12-13-6-8-14(9-7-13)22-4-2/h6-9H,3-5,10-12H2,1-2H3,(H,17,19)(H,18,20). The van der Waals surface area contributed by atoms with E-state index < -0.39 is 11.8 Å². The second-order valence-electron chi connectivity index (χ2n) is 4.57. The molecule has 22 heavy (non-hydrogen) atoms. The second kappa shape index (κ2) is 10.6. The van der Waals surface area contributed by atoms with E-state index in [1.165, 1.54) is 0 Å². The van der Waals surface area contributed by atoms with Crippen LogP contribution in [0.4, 0.5) is 0 Å². The summed E-state index contributed by atoms with van der Waals surface area (Å²) in [6, 6.07) is 7.37. The second-order valence-corrected chi connectivity index (χ2v) is 4.57. The molecule has 0 radical (unpaired) electrons. The molecular weight excluding hydrogens is 284 g/mol. The fourth-order valence-electron chi connectivity index (χ4n) is 1.73. The first-order chi connectivity index (χ1) is 10.7. The van der Waals surface area contributed by atoms with Crippen LogP contribution in [0.15, 0.2) is 24.3 Å². The summed E-state index contributed by atoms with van der Waals surface area (Å²) in [7, 11) is 0. The zero-order chi connectivity index (χ0) is 16.2. The van der Waals surface area contributed by atoms with E-state index in [1.807, 2.05) is 38.1 Å². The number of benzene rings is 1. The minimum atomic E-state index is -0.634. The number of rotatable bonds is 9. The van der Waals surface area contributed by atoms with Gasteiger partial charge in [0.15, 0.2) is 0 Å². The predicted molar refractivity (Wildman–Crippen MR) is 83.6 cm³/mol. The fourth-order valence-corrected chi connectivity index (χ4v) is 1.73. The van der Waals surface area contributed by atoms with Crippen molar-refractivity contribution in [3.63, 3.8) is 0 Å². The third-order valence-electron chi connectivity index (χ3n) is 2.85. The summed E-state index contributed by atoms with van der Waals surface area (Å²) in [5.41, 5.74) is 0.904. The van der Waals surface area contributed by atoms with Gasteiger partial charge in [-0.1, -0.05) is 12.1 Å². The number of hydrogen-bond acceptors (Lipinski definition) is 4. The van der Waals surface area contributed by atoms with Gasteiger partial charge in [0, 0.05) is 26.3 Å². The van der Waals surface area contributed by atoms with Gasteiger partial charge in [-0.25, -0.2) is 0 Å². The maximum atomic E-state index is 11.6. The van der Waals surface area contributed by atoms with E-state index in [4.69, 9.17) is 9.47 Å². The van der Waals surface area contributed by atoms with Crippen LogP contribution in [0, 0.1) is 0 Å². The first-order valence-corrected chi connectivity index (χ1v) is 7.52. The monoisotopic (exact) mass is 308 g/mol. The van der Waals surface area contributed by atoms with Gasteiger partial charge in [-0.2, -0.15) is 0 Å². The number of hydrogen-bond donors (Lipinski definition) is 2. The molecule has 0 aliphatic rings.